The van der Waals surface area contributed by atoms with Crippen LogP contribution in [-0.4, -0.2) is 52.6 Å². The molecule has 0 aliphatic carbocycles. The Bertz CT molecular complexity index is 813. The number of alkyl halides is 3. The molecule has 2 aliphatic heterocycles. The molecule has 2 heterocycles. The van der Waals surface area contributed by atoms with Crippen molar-refractivity contribution in [2.75, 3.05) is 29.9 Å². The molecule has 1 saturated heterocycles. The molecule has 2 aliphatic rings. The van der Waals surface area contributed by atoms with Gasteiger partial charge in [-0.05, 0) is 56.5 Å². The molecule has 1 aromatic carbocycles. The van der Waals surface area contributed by atoms with Crippen molar-refractivity contribution in [2.24, 2.45) is 21.7 Å². The van der Waals surface area contributed by atoms with Gasteiger partial charge in [0.1, 0.15) is 0 Å². The van der Waals surface area contributed by atoms with E-state index >= 15 is 0 Å². The molecule has 0 bridgehead atoms. The maximum Gasteiger partial charge on any atom is 0.230 e. The third kappa shape index (κ3) is 6.42. The summed E-state index contributed by atoms with van der Waals surface area (Å²) in [7, 11) is 0. The first-order valence-electron chi connectivity index (χ1n) is 10.6. The number of nitrogens with zero attached hydrogens (tertiary/aromatic N) is 4. The lowest BCUT2D eigenvalue weighted by atomic mass is 10.1. The molecule has 0 saturated carbocycles. The maximum absolute atomic E-state index is 6.33. The smallest absolute Gasteiger partial charge is 0.230 e. The van der Waals surface area contributed by atoms with Gasteiger partial charge in [0.25, 0.3) is 0 Å². The molecule has 2 atom stereocenters. The summed E-state index contributed by atoms with van der Waals surface area (Å²) in [5.41, 5.74) is 13.5. The molecule has 0 radical (unpaired) electrons. The number of hydrogen-bond donors (Lipinski definition) is 3. The number of allylic oxidation sites excluding steroid dienone is 1. The molecular formula is C21H30Cl3N7. The predicted octanol–water partition coefficient (Wildman–Crippen LogP) is 4.06. The van der Waals surface area contributed by atoms with Crippen LogP contribution in [0, 0.1) is 0 Å². The summed E-state index contributed by atoms with van der Waals surface area (Å²) in [6.07, 6.45) is 7.81. The molecule has 0 amide bonds. The van der Waals surface area contributed by atoms with Gasteiger partial charge in [-0.3, -0.25) is 4.90 Å². The second-order valence-corrected chi connectivity index (χ2v) is 10.1. The Hall–Kier alpha value is -1.67. The Morgan fingerprint density at radius 2 is 2.00 bits per heavy atom. The van der Waals surface area contributed by atoms with Crippen molar-refractivity contribution in [2.45, 2.75) is 48.5 Å². The van der Waals surface area contributed by atoms with Gasteiger partial charge in [-0.25, -0.2) is 0 Å². The fourth-order valence-electron chi connectivity index (χ4n) is 4.11. The quantitative estimate of drug-likeness (QED) is 0.223. The second kappa shape index (κ2) is 10.8. The van der Waals surface area contributed by atoms with Crippen LogP contribution in [0.25, 0.3) is 0 Å². The lowest BCUT2D eigenvalue weighted by Crippen LogP contribution is -2.44. The average molecular weight is 487 g/mol. The van der Waals surface area contributed by atoms with Crippen LogP contribution in [0.2, 0.25) is 0 Å². The predicted molar refractivity (Wildman–Crippen MR) is 133 cm³/mol. The van der Waals surface area contributed by atoms with Gasteiger partial charge in [0.15, 0.2) is 0 Å². The van der Waals surface area contributed by atoms with Crippen LogP contribution in [-0.2, 0) is 0 Å². The Kier molecular flexibility index (Phi) is 8.33. The molecule has 7 nitrogen and oxygen atoms in total. The third-order valence-corrected chi connectivity index (χ3v) is 6.08. The summed E-state index contributed by atoms with van der Waals surface area (Å²) < 4.78 is -1.49. The summed E-state index contributed by atoms with van der Waals surface area (Å²) in [4.78, 5) is 4.54. The van der Waals surface area contributed by atoms with E-state index in [1.165, 1.54) is 0 Å². The fraction of sp³-hybridized carbons (Fsp3) is 0.524. The van der Waals surface area contributed by atoms with Gasteiger partial charge < -0.3 is 21.7 Å². The number of guanidine groups is 1. The summed E-state index contributed by atoms with van der Waals surface area (Å²) in [5, 5.41) is 11.1. The van der Waals surface area contributed by atoms with Crippen molar-refractivity contribution in [3.05, 3.63) is 36.0 Å². The Morgan fingerprint density at radius 1 is 1.26 bits per heavy atom. The number of anilines is 2. The van der Waals surface area contributed by atoms with Gasteiger partial charge in [0, 0.05) is 36.7 Å². The summed E-state index contributed by atoms with van der Waals surface area (Å²) >= 11 is 19.0. The molecule has 3 rings (SSSR count). The van der Waals surface area contributed by atoms with Gasteiger partial charge in [0.2, 0.25) is 9.75 Å². The zero-order valence-electron chi connectivity index (χ0n) is 17.6. The first-order valence-corrected chi connectivity index (χ1v) is 11.7. The first kappa shape index (κ1) is 24.0. The van der Waals surface area contributed by atoms with Crippen molar-refractivity contribution in [3.8, 4) is 0 Å². The van der Waals surface area contributed by atoms with E-state index in [9.17, 15) is 0 Å². The monoisotopic (exact) mass is 485 g/mol. The van der Waals surface area contributed by atoms with E-state index in [-0.39, 0.29) is 18.0 Å². The minimum atomic E-state index is -1.49. The lowest BCUT2D eigenvalue weighted by molar-refractivity contribution is 0.285. The highest BCUT2D eigenvalue weighted by molar-refractivity contribution is 6.69. The topological polar surface area (TPSA) is 95.3 Å². The number of hydrogen-bond acceptors (Lipinski definition) is 5. The SMILES string of the molecule is CCCNc1ccc(N2C(C(Cl)(Cl)Cl)=CCC2CN2CCCC2/C=N/N=C(N)N)cc1. The van der Waals surface area contributed by atoms with E-state index in [1.54, 1.807) is 0 Å². The zero-order chi connectivity index (χ0) is 22.4. The average Bonchev–Trinajstić information content (AvgIpc) is 3.34. The molecule has 1 aromatic rings. The standard InChI is InChI=1S/C21H30Cl3N7/c1-2-11-27-15-5-7-16(8-6-15)31-18(9-10-19(31)21(22,23)24)14-30-12-3-4-17(30)13-28-29-20(25)26/h5-8,10,13,17-18,27H,2-4,9,11-12,14H2,1H3,(H4,25,26,29)/b28-13+. The Balaban J connectivity index is 1.77. The van der Waals surface area contributed by atoms with Crippen LogP contribution in [0.15, 0.2) is 46.2 Å². The minimum absolute atomic E-state index is 0.0452. The highest BCUT2D eigenvalue weighted by atomic mass is 35.6. The molecule has 0 spiro atoms. The van der Waals surface area contributed by atoms with Crippen molar-refractivity contribution in [1.29, 1.82) is 0 Å². The third-order valence-electron chi connectivity index (χ3n) is 5.49. The van der Waals surface area contributed by atoms with Crippen LogP contribution < -0.4 is 21.7 Å². The van der Waals surface area contributed by atoms with E-state index in [2.05, 4.69) is 56.5 Å². The van der Waals surface area contributed by atoms with Crippen molar-refractivity contribution >= 4 is 58.4 Å². The van der Waals surface area contributed by atoms with Crippen LogP contribution in [0.4, 0.5) is 11.4 Å². The van der Waals surface area contributed by atoms with E-state index in [0.29, 0.717) is 5.70 Å². The minimum Gasteiger partial charge on any atom is -0.385 e. The largest absolute Gasteiger partial charge is 0.385 e. The number of nitrogens with one attached hydrogen (secondary N) is 1. The van der Waals surface area contributed by atoms with Gasteiger partial charge in [0.05, 0.1) is 11.7 Å². The molecule has 170 valence electrons. The number of benzene rings is 1. The van der Waals surface area contributed by atoms with Gasteiger partial charge in [-0.15, -0.1) is 5.10 Å². The van der Waals surface area contributed by atoms with Crippen LogP contribution in [0.1, 0.15) is 32.6 Å². The molecule has 1 fully saturated rings. The lowest BCUT2D eigenvalue weighted by Gasteiger charge is -2.36. The number of rotatable bonds is 8. The first-order chi connectivity index (χ1) is 14.8. The fourth-order valence-corrected chi connectivity index (χ4v) is 4.62. The van der Waals surface area contributed by atoms with E-state index in [1.807, 2.05) is 12.3 Å². The number of likely N-dealkylation sites (tertiary alicyclic amines) is 1. The molecule has 5 N–H and O–H groups in total. The molecule has 10 heteroatoms. The van der Waals surface area contributed by atoms with Crippen molar-refractivity contribution < 1.29 is 0 Å². The van der Waals surface area contributed by atoms with Crippen LogP contribution in [0.3, 0.4) is 0 Å². The summed E-state index contributed by atoms with van der Waals surface area (Å²) in [6.45, 7) is 4.87. The van der Waals surface area contributed by atoms with Crippen LogP contribution in [0.5, 0.6) is 0 Å². The molecule has 2 unspecified atom stereocenters. The van der Waals surface area contributed by atoms with Gasteiger partial charge in [-0.2, -0.15) is 5.10 Å². The van der Waals surface area contributed by atoms with E-state index < -0.39 is 3.79 Å². The van der Waals surface area contributed by atoms with Gasteiger partial charge >= 0.3 is 0 Å². The van der Waals surface area contributed by atoms with E-state index in [0.717, 1.165) is 56.7 Å². The van der Waals surface area contributed by atoms with Crippen molar-refractivity contribution in [3.63, 3.8) is 0 Å². The zero-order valence-corrected chi connectivity index (χ0v) is 19.9. The van der Waals surface area contributed by atoms with Gasteiger partial charge in [-0.1, -0.05) is 47.8 Å². The van der Waals surface area contributed by atoms with E-state index in [4.69, 9.17) is 46.3 Å². The number of nitrogens with two attached hydrogens (primary N) is 2. The highest BCUT2D eigenvalue weighted by Crippen LogP contribution is 2.44. The Labute approximate surface area is 199 Å². The highest BCUT2D eigenvalue weighted by Gasteiger charge is 2.40. The van der Waals surface area contributed by atoms with Crippen molar-refractivity contribution in [1.82, 2.24) is 4.90 Å². The molecule has 31 heavy (non-hydrogen) atoms. The van der Waals surface area contributed by atoms with Crippen LogP contribution >= 0.6 is 34.8 Å². The summed E-state index contributed by atoms with van der Waals surface area (Å²) in [5.74, 6) is -0.0452. The molecular weight excluding hydrogens is 457 g/mol. The normalized spacial score (nSPS) is 22.2. The maximum atomic E-state index is 6.33. The number of halogens is 3. The Morgan fingerprint density at radius 3 is 2.65 bits per heavy atom. The summed E-state index contributed by atoms with van der Waals surface area (Å²) in [6, 6.07) is 8.61. The second-order valence-electron chi connectivity index (χ2n) is 7.81. The molecule has 0 aromatic heterocycles.